The molecule has 0 amide bonds. The molecule has 0 radical (unpaired) electrons. The Morgan fingerprint density at radius 1 is 0.459 bits per heavy atom. The number of allylic oxidation sites excluding steroid dienone is 2. The van der Waals surface area contributed by atoms with E-state index in [1.807, 2.05) is 0 Å². The Hall–Kier alpha value is -1.21. The fourth-order valence-corrected chi connectivity index (χ4v) is 13.3. The van der Waals surface area contributed by atoms with Gasteiger partial charge in [0.15, 0.2) is 0 Å². The highest BCUT2D eigenvalue weighted by molar-refractivity contribution is 6.91. The molecule has 37 heavy (non-hydrogen) atoms. The van der Waals surface area contributed by atoms with Crippen LogP contribution in [-0.4, -0.2) is 32.3 Å². The average Bonchev–Trinajstić information content (AvgIpc) is 3.34. The van der Waals surface area contributed by atoms with Gasteiger partial charge < -0.3 is 0 Å². The zero-order valence-corrected chi connectivity index (χ0v) is 29.9. The first-order valence-corrected chi connectivity index (χ1v) is 28.6. The van der Waals surface area contributed by atoms with Gasteiger partial charge in [-0.25, -0.2) is 0 Å². The van der Waals surface area contributed by atoms with Gasteiger partial charge in [-0.2, -0.15) is 0 Å². The zero-order chi connectivity index (χ0) is 27.6. The molecule has 0 fully saturated rings. The van der Waals surface area contributed by atoms with Gasteiger partial charge in [-0.15, -0.1) is 0 Å². The molecule has 2 aromatic carbocycles. The molecule has 0 aliphatic heterocycles. The molecule has 2 aliphatic carbocycles. The van der Waals surface area contributed by atoms with Gasteiger partial charge in [-0.1, -0.05) is 154 Å². The van der Waals surface area contributed by atoms with Crippen LogP contribution in [0.5, 0.6) is 0 Å². The molecule has 2 aromatic rings. The molecule has 0 nitrogen and oxygen atoms in total. The number of fused-ring (bicyclic) bond motifs is 2. The Kier molecular flexibility index (Phi) is 7.59. The Morgan fingerprint density at radius 2 is 0.757 bits per heavy atom. The van der Waals surface area contributed by atoms with Crippen molar-refractivity contribution < 1.29 is 0 Å². The summed E-state index contributed by atoms with van der Waals surface area (Å²) >= 11 is 0. The Bertz CT molecular complexity index is 1140. The van der Waals surface area contributed by atoms with Crippen LogP contribution < -0.4 is 20.7 Å². The highest BCUT2D eigenvalue weighted by atomic mass is 28.3. The van der Waals surface area contributed by atoms with E-state index in [0.717, 1.165) is 0 Å². The van der Waals surface area contributed by atoms with Crippen molar-refractivity contribution in [2.45, 2.75) is 110 Å². The molecular weight excluding hydrogens is 509 g/mol. The quantitative estimate of drug-likeness (QED) is 0.287. The van der Waals surface area contributed by atoms with Crippen LogP contribution in [0.15, 0.2) is 36.4 Å². The lowest BCUT2D eigenvalue weighted by Gasteiger charge is -2.29. The summed E-state index contributed by atoms with van der Waals surface area (Å²) in [5.41, 5.74) is 6.64. The third-order valence-electron chi connectivity index (χ3n) is 8.57. The first-order chi connectivity index (χ1) is 16.9. The average molecular weight is 561 g/mol. The first-order valence-electron chi connectivity index (χ1n) is 14.6. The van der Waals surface area contributed by atoms with Gasteiger partial charge in [0.25, 0.3) is 0 Å². The van der Waals surface area contributed by atoms with Crippen LogP contribution in [0, 0.1) is 0 Å². The highest BCUT2D eigenvalue weighted by Gasteiger charge is 2.34. The third kappa shape index (κ3) is 5.73. The third-order valence-corrected chi connectivity index (χ3v) is 16.8. The normalized spacial score (nSPS) is 19.5. The predicted molar refractivity (Wildman–Crippen MR) is 182 cm³/mol. The second kappa shape index (κ2) is 9.76. The molecule has 200 valence electrons. The standard InChI is InChI=1S/C33H52Si4/c1-34(2,3)28-20-22-30(36(7,8)9)32-24(16-18-26(28)32)14-13-15-25-17-19-27-29(35(4,5)6)21-23-31(33(25)27)37(10,11)12/h16-25H,13-15H2,1-12H3. The minimum absolute atomic E-state index is 0.600. The fourth-order valence-electron chi connectivity index (χ4n) is 6.70. The number of rotatable bonds is 8. The number of hydrogen-bond acceptors (Lipinski definition) is 0. The van der Waals surface area contributed by atoms with E-state index in [0.29, 0.717) is 11.8 Å². The van der Waals surface area contributed by atoms with E-state index in [-0.39, 0.29) is 0 Å². The Morgan fingerprint density at radius 3 is 1.05 bits per heavy atom. The summed E-state index contributed by atoms with van der Waals surface area (Å²) in [6.45, 7) is 30.2. The first kappa shape index (κ1) is 28.8. The fraction of sp³-hybridized carbons (Fsp3) is 0.515. The summed E-state index contributed by atoms with van der Waals surface area (Å²) in [5.74, 6) is 1.20. The summed E-state index contributed by atoms with van der Waals surface area (Å²) < 4.78 is 0. The SMILES string of the molecule is C[Si](C)(C)c1ccc([Si](C)(C)C)c2c1C=CC2CCCC1C=Cc2c([Si](C)(C)C)ccc([Si](C)(C)C)c21. The molecule has 2 unspecified atom stereocenters. The van der Waals surface area contributed by atoms with E-state index >= 15 is 0 Å². The van der Waals surface area contributed by atoms with Gasteiger partial charge in [0, 0.05) is 11.8 Å². The predicted octanol–water partition coefficient (Wildman–Crippen LogP) is 7.96. The van der Waals surface area contributed by atoms with E-state index in [1.54, 1.807) is 43.0 Å². The summed E-state index contributed by atoms with van der Waals surface area (Å²) in [5, 5.41) is 6.72. The van der Waals surface area contributed by atoms with Gasteiger partial charge in [0.05, 0.1) is 32.3 Å². The molecule has 0 spiro atoms. The van der Waals surface area contributed by atoms with Crippen molar-refractivity contribution in [3.8, 4) is 0 Å². The van der Waals surface area contributed by atoms with Crippen molar-refractivity contribution in [2.75, 3.05) is 0 Å². The van der Waals surface area contributed by atoms with Crippen molar-refractivity contribution in [1.82, 2.24) is 0 Å². The van der Waals surface area contributed by atoms with Crippen LogP contribution in [0.3, 0.4) is 0 Å². The van der Waals surface area contributed by atoms with E-state index in [4.69, 9.17) is 0 Å². The van der Waals surface area contributed by atoms with Gasteiger partial charge in [-0.3, -0.25) is 0 Å². The van der Waals surface area contributed by atoms with Gasteiger partial charge in [-0.05, 0) is 35.1 Å². The van der Waals surface area contributed by atoms with Crippen LogP contribution >= 0.6 is 0 Å². The maximum Gasteiger partial charge on any atom is 0.0783 e. The van der Waals surface area contributed by atoms with Crippen molar-refractivity contribution in [3.63, 3.8) is 0 Å². The molecule has 0 bridgehead atoms. The van der Waals surface area contributed by atoms with E-state index < -0.39 is 32.3 Å². The lowest BCUT2D eigenvalue weighted by molar-refractivity contribution is 0.615. The molecule has 2 aliphatic rings. The van der Waals surface area contributed by atoms with E-state index in [2.05, 4.69) is 127 Å². The maximum atomic E-state index is 2.56. The van der Waals surface area contributed by atoms with Crippen molar-refractivity contribution >= 4 is 65.2 Å². The van der Waals surface area contributed by atoms with Crippen LogP contribution in [0.1, 0.15) is 53.4 Å². The van der Waals surface area contributed by atoms with E-state index in [9.17, 15) is 0 Å². The summed E-state index contributed by atoms with van der Waals surface area (Å²) in [6.07, 6.45) is 14.0. The van der Waals surface area contributed by atoms with Gasteiger partial charge in [0.1, 0.15) is 0 Å². The van der Waals surface area contributed by atoms with Crippen molar-refractivity contribution in [3.05, 3.63) is 58.7 Å². The maximum absolute atomic E-state index is 2.56. The lowest BCUT2D eigenvalue weighted by Crippen LogP contribution is -2.46. The molecule has 0 N–H and O–H groups in total. The molecule has 0 saturated carbocycles. The van der Waals surface area contributed by atoms with Crippen molar-refractivity contribution in [2.24, 2.45) is 0 Å². The second-order valence-electron chi connectivity index (χ2n) is 15.8. The van der Waals surface area contributed by atoms with Crippen molar-refractivity contribution in [1.29, 1.82) is 0 Å². The van der Waals surface area contributed by atoms with Crippen LogP contribution in [0.4, 0.5) is 0 Å². The molecule has 0 heterocycles. The Balaban J connectivity index is 1.61. The monoisotopic (exact) mass is 560 g/mol. The molecular formula is C33H52Si4. The molecule has 0 aromatic heterocycles. The minimum Gasteiger partial charge on any atom is -0.0764 e. The summed E-state index contributed by atoms with van der Waals surface area (Å²) in [7, 11) is -5.57. The summed E-state index contributed by atoms with van der Waals surface area (Å²) in [4.78, 5) is 0. The molecule has 2 atom stereocenters. The smallest absolute Gasteiger partial charge is 0.0764 e. The number of hydrogen-bond donors (Lipinski definition) is 0. The highest BCUT2D eigenvalue weighted by Crippen LogP contribution is 2.38. The van der Waals surface area contributed by atoms with E-state index in [1.165, 1.54) is 19.3 Å². The number of benzene rings is 2. The molecule has 4 heteroatoms. The van der Waals surface area contributed by atoms with Crippen LogP contribution in [-0.2, 0) is 0 Å². The molecule has 4 rings (SSSR count). The van der Waals surface area contributed by atoms with Gasteiger partial charge in [0.2, 0.25) is 0 Å². The largest absolute Gasteiger partial charge is 0.0783 e. The van der Waals surface area contributed by atoms with Crippen LogP contribution in [0.25, 0.3) is 12.2 Å². The second-order valence-corrected chi connectivity index (χ2v) is 36.0. The topological polar surface area (TPSA) is 0 Å². The zero-order valence-electron chi connectivity index (χ0n) is 25.9. The van der Waals surface area contributed by atoms with Crippen LogP contribution in [0.2, 0.25) is 78.6 Å². The lowest BCUT2D eigenvalue weighted by atomic mass is 9.90. The summed E-state index contributed by atoms with van der Waals surface area (Å²) in [6, 6.07) is 10.1. The van der Waals surface area contributed by atoms with Gasteiger partial charge >= 0.3 is 0 Å². The Labute approximate surface area is 232 Å². The minimum atomic E-state index is -1.41. The molecule has 0 saturated heterocycles.